The average Bonchev–Trinajstić information content (AvgIpc) is 2.46. The van der Waals surface area contributed by atoms with Crippen molar-refractivity contribution in [1.82, 2.24) is 4.90 Å². The Bertz CT molecular complexity index is 590. The lowest BCUT2D eigenvalue weighted by Crippen LogP contribution is -2.51. The Hall–Kier alpha value is -1.56. The van der Waals surface area contributed by atoms with Gasteiger partial charge in [-0.05, 0) is 18.7 Å². The maximum atomic E-state index is 13.2. The van der Waals surface area contributed by atoms with Crippen molar-refractivity contribution in [3.63, 3.8) is 0 Å². The molecule has 0 atom stereocenters. The second-order valence-electron chi connectivity index (χ2n) is 6.00. The summed E-state index contributed by atoms with van der Waals surface area (Å²) in [5.41, 5.74) is -1.58. The minimum atomic E-state index is -4.52. The Balaban J connectivity index is 1.96. The normalized spacial score (nSPS) is 21.5. The van der Waals surface area contributed by atoms with Crippen LogP contribution in [0.5, 0.6) is 5.75 Å². The molecule has 120 valence electrons. The topological polar surface area (TPSA) is 29.5 Å². The van der Waals surface area contributed by atoms with E-state index in [0.29, 0.717) is 12.8 Å². The third kappa shape index (κ3) is 2.60. The average molecular weight is 313 g/mol. The molecule has 22 heavy (non-hydrogen) atoms. The van der Waals surface area contributed by atoms with Gasteiger partial charge in [0.25, 0.3) is 0 Å². The van der Waals surface area contributed by atoms with Crippen molar-refractivity contribution < 1.29 is 22.7 Å². The highest BCUT2D eigenvalue weighted by Gasteiger charge is 2.46. The molecule has 1 saturated heterocycles. The predicted molar refractivity (Wildman–Crippen MR) is 75.1 cm³/mol. The zero-order valence-electron chi connectivity index (χ0n) is 12.4. The van der Waals surface area contributed by atoms with Crippen LogP contribution in [0.15, 0.2) is 18.2 Å². The Labute approximate surface area is 127 Å². The maximum Gasteiger partial charge on any atom is 0.419 e. The summed E-state index contributed by atoms with van der Waals surface area (Å²) in [6.07, 6.45) is -3.19. The summed E-state index contributed by atoms with van der Waals surface area (Å²) >= 11 is 0. The third-order valence-electron chi connectivity index (χ3n) is 4.64. The highest BCUT2D eigenvalue weighted by molar-refractivity contribution is 6.00. The van der Waals surface area contributed by atoms with Crippen LogP contribution in [0.2, 0.25) is 0 Å². The number of carbonyl (C=O) groups excluding carboxylic acids is 1. The Morgan fingerprint density at radius 1 is 1.27 bits per heavy atom. The second-order valence-corrected chi connectivity index (χ2v) is 6.00. The van der Waals surface area contributed by atoms with Crippen molar-refractivity contribution in [1.29, 1.82) is 0 Å². The number of carbonyl (C=O) groups is 1. The van der Waals surface area contributed by atoms with Gasteiger partial charge in [0.05, 0.1) is 17.5 Å². The van der Waals surface area contributed by atoms with E-state index < -0.39 is 17.3 Å². The fourth-order valence-corrected chi connectivity index (χ4v) is 3.29. The van der Waals surface area contributed by atoms with E-state index in [0.717, 1.165) is 25.7 Å². The Morgan fingerprint density at radius 2 is 1.95 bits per heavy atom. The quantitative estimate of drug-likeness (QED) is 0.794. The van der Waals surface area contributed by atoms with Crippen LogP contribution in [0.25, 0.3) is 0 Å². The maximum absolute atomic E-state index is 13.2. The van der Waals surface area contributed by atoms with Crippen LogP contribution >= 0.6 is 0 Å². The van der Waals surface area contributed by atoms with E-state index in [2.05, 4.69) is 4.90 Å². The number of ketones is 1. The van der Waals surface area contributed by atoms with Gasteiger partial charge in [0.15, 0.2) is 5.78 Å². The van der Waals surface area contributed by atoms with Crippen LogP contribution in [0, 0.1) is 0 Å². The third-order valence-corrected chi connectivity index (χ3v) is 4.64. The molecule has 2 aliphatic heterocycles. The smallest absolute Gasteiger partial charge is 0.419 e. The van der Waals surface area contributed by atoms with Gasteiger partial charge >= 0.3 is 6.18 Å². The molecule has 6 heteroatoms. The molecule has 0 unspecified atom stereocenters. The summed E-state index contributed by atoms with van der Waals surface area (Å²) in [6, 6.07) is 3.66. The predicted octanol–water partition coefficient (Wildman–Crippen LogP) is 3.53. The Morgan fingerprint density at radius 3 is 2.55 bits per heavy atom. The van der Waals surface area contributed by atoms with E-state index in [-0.39, 0.29) is 23.5 Å². The number of ether oxygens (including phenoxy) is 1. The number of fused-ring (bicyclic) bond motifs is 1. The highest BCUT2D eigenvalue weighted by Crippen LogP contribution is 2.45. The molecular weight excluding hydrogens is 295 g/mol. The first-order valence-electron chi connectivity index (χ1n) is 7.49. The molecule has 0 bridgehead atoms. The number of para-hydroxylation sites is 1. The lowest BCUT2D eigenvalue weighted by Gasteiger charge is -2.44. The molecule has 0 radical (unpaired) electrons. The molecule has 0 aliphatic carbocycles. The van der Waals surface area contributed by atoms with Crippen molar-refractivity contribution >= 4 is 5.78 Å². The van der Waals surface area contributed by atoms with Gasteiger partial charge < -0.3 is 9.64 Å². The van der Waals surface area contributed by atoms with Crippen molar-refractivity contribution in [2.24, 2.45) is 0 Å². The summed E-state index contributed by atoms with van der Waals surface area (Å²) < 4.78 is 45.3. The number of rotatable bonds is 1. The van der Waals surface area contributed by atoms with E-state index in [1.54, 1.807) is 0 Å². The van der Waals surface area contributed by atoms with E-state index >= 15 is 0 Å². The SMILES string of the molecule is CCN1CCC2(CC1)CC(=O)c1cccc(C(F)(F)F)c1O2. The summed E-state index contributed by atoms with van der Waals surface area (Å²) in [4.78, 5) is 14.5. The van der Waals surface area contributed by atoms with Crippen LogP contribution in [-0.4, -0.2) is 35.9 Å². The van der Waals surface area contributed by atoms with E-state index in [4.69, 9.17) is 4.74 Å². The largest absolute Gasteiger partial charge is 0.485 e. The molecule has 1 fully saturated rings. The molecule has 1 aromatic carbocycles. The summed E-state index contributed by atoms with van der Waals surface area (Å²) in [7, 11) is 0. The van der Waals surface area contributed by atoms with E-state index in [1.807, 2.05) is 6.92 Å². The number of halogens is 3. The van der Waals surface area contributed by atoms with Crippen molar-refractivity contribution in [2.75, 3.05) is 19.6 Å². The van der Waals surface area contributed by atoms with Crippen molar-refractivity contribution in [3.8, 4) is 5.75 Å². The van der Waals surface area contributed by atoms with Gasteiger partial charge in [-0.1, -0.05) is 13.0 Å². The van der Waals surface area contributed by atoms with Crippen LogP contribution < -0.4 is 4.74 Å². The number of Topliss-reactive ketones (excluding diaryl/α,β-unsaturated/α-hetero) is 1. The van der Waals surface area contributed by atoms with Crippen molar-refractivity contribution in [3.05, 3.63) is 29.3 Å². The molecule has 1 aromatic rings. The molecule has 0 amide bonds. The zero-order chi connectivity index (χ0) is 16.0. The van der Waals surface area contributed by atoms with Gasteiger partial charge in [0, 0.05) is 25.9 Å². The van der Waals surface area contributed by atoms with Crippen molar-refractivity contribution in [2.45, 2.75) is 38.0 Å². The number of alkyl halides is 3. The minimum absolute atomic E-state index is 0.0540. The van der Waals surface area contributed by atoms with Gasteiger partial charge in [-0.2, -0.15) is 13.2 Å². The number of benzene rings is 1. The molecule has 3 rings (SSSR count). The van der Waals surface area contributed by atoms with Crippen LogP contribution in [0.3, 0.4) is 0 Å². The number of likely N-dealkylation sites (tertiary alicyclic amines) is 1. The molecular formula is C16H18F3NO2. The minimum Gasteiger partial charge on any atom is -0.485 e. The lowest BCUT2D eigenvalue weighted by atomic mass is 9.82. The molecule has 2 heterocycles. The fraction of sp³-hybridized carbons (Fsp3) is 0.562. The molecule has 0 N–H and O–H groups in total. The fourth-order valence-electron chi connectivity index (χ4n) is 3.29. The van der Waals surface area contributed by atoms with E-state index in [9.17, 15) is 18.0 Å². The first-order valence-corrected chi connectivity index (χ1v) is 7.49. The first kappa shape index (κ1) is 15.3. The summed E-state index contributed by atoms with van der Waals surface area (Å²) in [5, 5.41) is 0. The number of hydrogen-bond donors (Lipinski definition) is 0. The molecule has 2 aliphatic rings. The number of nitrogens with zero attached hydrogens (tertiary/aromatic N) is 1. The number of piperidine rings is 1. The highest BCUT2D eigenvalue weighted by atomic mass is 19.4. The monoisotopic (exact) mass is 313 g/mol. The standard InChI is InChI=1S/C16H18F3NO2/c1-2-20-8-6-15(7-9-20)10-13(21)11-4-3-5-12(14(11)22-15)16(17,18)19/h3-5H,2,6-10H2,1H3. The van der Waals surface area contributed by atoms with Gasteiger partial charge in [-0.3, -0.25) is 4.79 Å². The molecule has 0 saturated carbocycles. The Kier molecular flexibility index (Phi) is 3.67. The van der Waals surface area contributed by atoms with Gasteiger partial charge in [0.1, 0.15) is 11.4 Å². The van der Waals surface area contributed by atoms with Crippen LogP contribution in [-0.2, 0) is 6.18 Å². The zero-order valence-corrected chi connectivity index (χ0v) is 12.4. The lowest BCUT2D eigenvalue weighted by molar-refractivity contribution is -0.140. The van der Waals surface area contributed by atoms with Gasteiger partial charge in [-0.25, -0.2) is 0 Å². The number of hydrogen-bond acceptors (Lipinski definition) is 3. The first-order chi connectivity index (χ1) is 10.3. The van der Waals surface area contributed by atoms with Gasteiger partial charge in [0.2, 0.25) is 0 Å². The van der Waals surface area contributed by atoms with Crippen LogP contribution in [0.1, 0.15) is 42.1 Å². The molecule has 1 spiro atoms. The van der Waals surface area contributed by atoms with Gasteiger partial charge in [-0.15, -0.1) is 0 Å². The molecule has 3 nitrogen and oxygen atoms in total. The second kappa shape index (κ2) is 5.26. The molecule has 0 aromatic heterocycles. The van der Waals surface area contributed by atoms with Crippen LogP contribution in [0.4, 0.5) is 13.2 Å². The van der Waals surface area contributed by atoms with E-state index in [1.165, 1.54) is 12.1 Å². The summed E-state index contributed by atoms with van der Waals surface area (Å²) in [6.45, 7) is 4.43. The summed E-state index contributed by atoms with van der Waals surface area (Å²) in [5.74, 6) is -0.534.